The summed E-state index contributed by atoms with van der Waals surface area (Å²) in [6.07, 6.45) is 0.200. The predicted molar refractivity (Wildman–Crippen MR) is 90.5 cm³/mol. The van der Waals surface area contributed by atoms with Gasteiger partial charge in [0.1, 0.15) is 11.5 Å². The van der Waals surface area contributed by atoms with Gasteiger partial charge in [-0.15, -0.1) is 0 Å². The highest BCUT2D eigenvalue weighted by Crippen LogP contribution is 2.31. The molecule has 0 bridgehead atoms. The van der Waals surface area contributed by atoms with Crippen molar-refractivity contribution in [3.63, 3.8) is 0 Å². The van der Waals surface area contributed by atoms with E-state index < -0.39 is 0 Å². The summed E-state index contributed by atoms with van der Waals surface area (Å²) in [5, 5.41) is 2.81. The number of para-hydroxylation sites is 2. The number of nitrogens with one attached hydrogen (secondary N) is 1. The molecule has 1 N–H and O–H groups in total. The van der Waals surface area contributed by atoms with Gasteiger partial charge in [0, 0.05) is 18.7 Å². The van der Waals surface area contributed by atoms with E-state index in [1.54, 1.807) is 36.3 Å². The molecule has 0 saturated carbocycles. The number of carbonyl (C=O) groups is 2. The molecule has 2 aromatic carbocycles. The van der Waals surface area contributed by atoms with Crippen LogP contribution in [-0.2, 0) is 9.59 Å². The van der Waals surface area contributed by atoms with E-state index in [-0.39, 0.29) is 24.8 Å². The van der Waals surface area contributed by atoms with Crippen LogP contribution in [0.1, 0.15) is 6.42 Å². The Morgan fingerprint density at radius 3 is 2.71 bits per heavy atom. The zero-order chi connectivity index (χ0) is 16.9. The van der Waals surface area contributed by atoms with E-state index in [0.29, 0.717) is 23.7 Å². The van der Waals surface area contributed by atoms with Crippen molar-refractivity contribution in [3.8, 4) is 11.5 Å². The number of anilines is 2. The van der Waals surface area contributed by atoms with Crippen LogP contribution in [-0.4, -0.2) is 32.1 Å². The van der Waals surface area contributed by atoms with E-state index >= 15 is 0 Å². The second-order valence-electron chi connectivity index (χ2n) is 5.33. The number of hydrogen-bond donors (Lipinski definition) is 1. The maximum atomic E-state index is 12.1. The molecule has 0 aliphatic carbocycles. The molecular formula is C18H18N2O4. The first-order chi connectivity index (χ1) is 11.7. The number of fused-ring (bicyclic) bond motifs is 1. The van der Waals surface area contributed by atoms with Crippen molar-refractivity contribution in [2.45, 2.75) is 6.42 Å². The number of ether oxygens (including phenoxy) is 2. The molecule has 0 radical (unpaired) electrons. The van der Waals surface area contributed by atoms with E-state index in [1.165, 1.54) is 0 Å². The standard InChI is InChI=1S/C18H18N2O4/c1-23-14-8-6-13(7-9-14)19-17(21)10-11-20-15-4-2-3-5-16(15)24-12-18(20)22/h2-9H,10-12H2,1H3,(H,19,21). The van der Waals surface area contributed by atoms with Crippen molar-refractivity contribution in [2.75, 3.05) is 30.5 Å². The van der Waals surface area contributed by atoms with Gasteiger partial charge in [0.25, 0.3) is 5.91 Å². The Bertz CT molecular complexity index is 743. The SMILES string of the molecule is COc1ccc(NC(=O)CCN2C(=O)COc3ccccc32)cc1. The van der Waals surface area contributed by atoms with Crippen LogP contribution in [0.15, 0.2) is 48.5 Å². The molecule has 0 unspecified atom stereocenters. The lowest BCUT2D eigenvalue weighted by atomic mass is 10.2. The largest absolute Gasteiger partial charge is 0.497 e. The molecule has 1 heterocycles. The molecule has 1 aliphatic rings. The van der Waals surface area contributed by atoms with E-state index in [9.17, 15) is 9.59 Å². The molecule has 0 saturated heterocycles. The number of benzene rings is 2. The molecular weight excluding hydrogens is 308 g/mol. The summed E-state index contributed by atoms with van der Waals surface area (Å²) in [5.74, 6) is 1.08. The van der Waals surface area contributed by atoms with Crippen LogP contribution < -0.4 is 19.7 Å². The smallest absolute Gasteiger partial charge is 0.265 e. The molecule has 3 rings (SSSR count). The maximum absolute atomic E-state index is 12.1. The summed E-state index contributed by atoms with van der Waals surface area (Å²) in [7, 11) is 1.59. The van der Waals surface area contributed by atoms with Crippen LogP contribution in [0.2, 0.25) is 0 Å². The van der Waals surface area contributed by atoms with Crippen LogP contribution in [0.25, 0.3) is 0 Å². The summed E-state index contributed by atoms with van der Waals surface area (Å²) < 4.78 is 10.5. The number of methoxy groups -OCH3 is 1. The Labute approximate surface area is 140 Å². The van der Waals surface area contributed by atoms with Gasteiger partial charge < -0.3 is 19.7 Å². The van der Waals surface area contributed by atoms with E-state index in [4.69, 9.17) is 9.47 Å². The topological polar surface area (TPSA) is 67.9 Å². The second-order valence-corrected chi connectivity index (χ2v) is 5.33. The Morgan fingerprint density at radius 1 is 1.21 bits per heavy atom. The van der Waals surface area contributed by atoms with E-state index in [1.807, 2.05) is 24.3 Å². The van der Waals surface area contributed by atoms with Gasteiger partial charge >= 0.3 is 0 Å². The van der Waals surface area contributed by atoms with E-state index in [0.717, 1.165) is 5.75 Å². The van der Waals surface area contributed by atoms with Gasteiger partial charge in [-0.3, -0.25) is 9.59 Å². The monoisotopic (exact) mass is 326 g/mol. The van der Waals surface area contributed by atoms with Crippen molar-refractivity contribution >= 4 is 23.2 Å². The first-order valence-electron chi connectivity index (χ1n) is 7.63. The van der Waals surface area contributed by atoms with Crippen LogP contribution in [0.4, 0.5) is 11.4 Å². The van der Waals surface area contributed by atoms with Gasteiger partial charge in [0.15, 0.2) is 6.61 Å². The fourth-order valence-corrected chi connectivity index (χ4v) is 2.51. The summed E-state index contributed by atoms with van der Waals surface area (Å²) in [6, 6.07) is 14.4. The molecule has 6 nitrogen and oxygen atoms in total. The quantitative estimate of drug-likeness (QED) is 0.916. The van der Waals surface area contributed by atoms with E-state index in [2.05, 4.69) is 5.32 Å². The average molecular weight is 326 g/mol. The Hall–Kier alpha value is -3.02. The van der Waals surface area contributed by atoms with Gasteiger partial charge in [0.05, 0.1) is 12.8 Å². The Morgan fingerprint density at radius 2 is 1.96 bits per heavy atom. The van der Waals surface area contributed by atoms with Crippen molar-refractivity contribution in [1.29, 1.82) is 0 Å². The Balaban J connectivity index is 1.60. The van der Waals surface area contributed by atoms with Gasteiger partial charge in [-0.25, -0.2) is 0 Å². The molecule has 0 aromatic heterocycles. The number of amides is 2. The summed E-state index contributed by atoms with van der Waals surface area (Å²) in [5.41, 5.74) is 1.39. The van der Waals surface area contributed by atoms with Crippen molar-refractivity contribution in [1.82, 2.24) is 0 Å². The highest BCUT2D eigenvalue weighted by molar-refractivity contribution is 5.99. The fourth-order valence-electron chi connectivity index (χ4n) is 2.51. The first kappa shape index (κ1) is 15.9. The fraction of sp³-hybridized carbons (Fsp3) is 0.222. The predicted octanol–water partition coefficient (Wildman–Crippen LogP) is 2.45. The number of carbonyl (C=O) groups excluding carboxylic acids is 2. The zero-order valence-corrected chi connectivity index (χ0v) is 13.3. The Kier molecular flexibility index (Phi) is 4.65. The maximum Gasteiger partial charge on any atom is 0.265 e. The molecule has 0 spiro atoms. The van der Waals surface area contributed by atoms with Crippen LogP contribution >= 0.6 is 0 Å². The van der Waals surface area contributed by atoms with Crippen molar-refractivity contribution < 1.29 is 19.1 Å². The van der Waals surface area contributed by atoms with Gasteiger partial charge in [-0.1, -0.05) is 12.1 Å². The molecule has 24 heavy (non-hydrogen) atoms. The lowest BCUT2D eigenvalue weighted by Gasteiger charge is -2.29. The molecule has 124 valence electrons. The van der Waals surface area contributed by atoms with Gasteiger partial charge in [-0.2, -0.15) is 0 Å². The number of nitrogens with zero attached hydrogens (tertiary/aromatic N) is 1. The minimum atomic E-state index is -0.156. The minimum absolute atomic E-state index is 0.00286. The normalized spacial score (nSPS) is 13.0. The third-order valence-corrected chi connectivity index (χ3v) is 3.74. The highest BCUT2D eigenvalue weighted by atomic mass is 16.5. The number of rotatable bonds is 5. The number of hydrogen-bond acceptors (Lipinski definition) is 4. The summed E-state index contributed by atoms with van der Waals surface area (Å²) in [4.78, 5) is 25.8. The summed E-state index contributed by atoms with van der Waals surface area (Å²) >= 11 is 0. The lowest BCUT2D eigenvalue weighted by molar-refractivity contribution is -0.121. The van der Waals surface area contributed by atoms with Crippen LogP contribution in [0, 0.1) is 0 Å². The molecule has 2 aromatic rings. The van der Waals surface area contributed by atoms with Crippen molar-refractivity contribution in [3.05, 3.63) is 48.5 Å². The zero-order valence-electron chi connectivity index (χ0n) is 13.3. The minimum Gasteiger partial charge on any atom is -0.497 e. The van der Waals surface area contributed by atoms with Crippen molar-refractivity contribution in [2.24, 2.45) is 0 Å². The summed E-state index contributed by atoms with van der Waals surface area (Å²) in [6.45, 7) is 0.304. The molecule has 1 aliphatic heterocycles. The average Bonchev–Trinajstić information content (AvgIpc) is 2.61. The molecule has 2 amide bonds. The van der Waals surface area contributed by atoms with Gasteiger partial charge in [0.2, 0.25) is 5.91 Å². The van der Waals surface area contributed by atoms with Crippen LogP contribution in [0.5, 0.6) is 11.5 Å². The highest BCUT2D eigenvalue weighted by Gasteiger charge is 2.25. The first-order valence-corrected chi connectivity index (χ1v) is 7.63. The van der Waals surface area contributed by atoms with Gasteiger partial charge in [-0.05, 0) is 36.4 Å². The molecule has 0 fully saturated rings. The van der Waals surface area contributed by atoms with Crippen LogP contribution in [0.3, 0.4) is 0 Å². The second kappa shape index (κ2) is 7.04. The molecule has 6 heteroatoms. The third kappa shape index (κ3) is 3.48. The third-order valence-electron chi connectivity index (χ3n) is 3.74. The molecule has 0 atom stereocenters. The lowest BCUT2D eigenvalue weighted by Crippen LogP contribution is -2.40.